The van der Waals surface area contributed by atoms with E-state index < -0.39 is 12.7 Å². The van der Waals surface area contributed by atoms with E-state index in [1.54, 1.807) is 25.3 Å². The molecule has 0 saturated heterocycles. The second kappa shape index (κ2) is 6.22. The van der Waals surface area contributed by atoms with E-state index in [9.17, 15) is 4.39 Å². The zero-order valence-electron chi connectivity index (χ0n) is 7.67. The van der Waals surface area contributed by atoms with E-state index in [0.29, 0.717) is 0 Å². The second-order valence-corrected chi connectivity index (χ2v) is 3.51. The number of ether oxygens (including phenoxy) is 1. The average Bonchev–Trinajstić information content (AvgIpc) is 2.16. The number of hydrogen-bond donors (Lipinski definition) is 1. The SMILES string of the molecule is COc1ccc([C@@H](N)CF)cc1Br.Cl. The van der Waals surface area contributed by atoms with Crippen molar-refractivity contribution in [3.63, 3.8) is 0 Å². The number of hydrogen-bond acceptors (Lipinski definition) is 2. The third kappa shape index (κ3) is 3.12. The minimum atomic E-state index is -0.557. The highest BCUT2D eigenvalue weighted by atomic mass is 79.9. The third-order valence-electron chi connectivity index (χ3n) is 1.77. The molecule has 0 aliphatic heterocycles. The van der Waals surface area contributed by atoms with Gasteiger partial charge in [-0.15, -0.1) is 12.4 Å². The van der Waals surface area contributed by atoms with Crippen molar-refractivity contribution in [2.24, 2.45) is 5.73 Å². The molecule has 0 unspecified atom stereocenters. The van der Waals surface area contributed by atoms with Crippen molar-refractivity contribution in [3.8, 4) is 5.75 Å². The van der Waals surface area contributed by atoms with Crippen LogP contribution in [0.5, 0.6) is 5.75 Å². The van der Waals surface area contributed by atoms with Crippen LogP contribution in [0.1, 0.15) is 11.6 Å². The lowest BCUT2D eigenvalue weighted by molar-refractivity contribution is 0.410. The Hall–Kier alpha value is -0.320. The van der Waals surface area contributed by atoms with E-state index in [4.69, 9.17) is 10.5 Å². The van der Waals surface area contributed by atoms with Gasteiger partial charge in [0.2, 0.25) is 0 Å². The van der Waals surface area contributed by atoms with Crippen LogP contribution >= 0.6 is 28.3 Å². The molecular weight excluding hydrogens is 272 g/mol. The summed E-state index contributed by atoms with van der Waals surface area (Å²) in [5, 5.41) is 0. The summed E-state index contributed by atoms with van der Waals surface area (Å²) < 4.78 is 18.0. The zero-order valence-corrected chi connectivity index (χ0v) is 10.1. The average molecular weight is 285 g/mol. The number of alkyl halides is 1. The monoisotopic (exact) mass is 283 g/mol. The molecule has 0 heterocycles. The molecule has 1 atom stereocenters. The van der Waals surface area contributed by atoms with Gasteiger partial charge in [-0.05, 0) is 33.6 Å². The summed E-state index contributed by atoms with van der Waals surface area (Å²) >= 11 is 3.30. The molecule has 0 fully saturated rings. The number of halogens is 3. The third-order valence-corrected chi connectivity index (χ3v) is 2.39. The van der Waals surface area contributed by atoms with Crippen molar-refractivity contribution < 1.29 is 9.13 Å². The van der Waals surface area contributed by atoms with Crippen molar-refractivity contribution in [1.82, 2.24) is 0 Å². The number of methoxy groups -OCH3 is 1. The highest BCUT2D eigenvalue weighted by molar-refractivity contribution is 9.10. The first-order valence-corrected chi connectivity index (χ1v) is 4.63. The van der Waals surface area contributed by atoms with Gasteiger partial charge in [0.25, 0.3) is 0 Å². The summed E-state index contributed by atoms with van der Waals surface area (Å²) in [6.45, 7) is -0.557. The van der Waals surface area contributed by atoms with Crippen LogP contribution in [0.4, 0.5) is 4.39 Å². The Bertz CT molecular complexity index is 298. The van der Waals surface area contributed by atoms with E-state index in [-0.39, 0.29) is 12.4 Å². The molecule has 1 aromatic carbocycles. The lowest BCUT2D eigenvalue weighted by atomic mass is 10.1. The molecular formula is C9H12BrClFNO. The highest BCUT2D eigenvalue weighted by Crippen LogP contribution is 2.27. The van der Waals surface area contributed by atoms with Gasteiger partial charge in [0.05, 0.1) is 17.6 Å². The van der Waals surface area contributed by atoms with E-state index in [1.165, 1.54) is 0 Å². The molecule has 2 nitrogen and oxygen atoms in total. The predicted molar refractivity (Wildman–Crippen MR) is 60.8 cm³/mol. The Morgan fingerprint density at radius 2 is 2.21 bits per heavy atom. The molecule has 0 spiro atoms. The highest BCUT2D eigenvalue weighted by Gasteiger charge is 2.07. The second-order valence-electron chi connectivity index (χ2n) is 2.65. The molecule has 14 heavy (non-hydrogen) atoms. The molecule has 5 heteroatoms. The lowest BCUT2D eigenvalue weighted by Gasteiger charge is -2.09. The van der Waals surface area contributed by atoms with Gasteiger partial charge in [-0.1, -0.05) is 6.07 Å². The van der Waals surface area contributed by atoms with Crippen LogP contribution in [-0.4, -0.2) is 13.8 Å². The largest absolute Gasteiger partial charge is 0.496 e. The number of rotatable bonds is 3. The molecule has 1 rings (SSSR count). The first-order valence-electron chi connectivity index (χ1n) is 3.84. The summed E-state index contributed by atoms with van der Waals surface area (Å²) in [5.41, 5.74) is 6.28. The maximum atomic E-state index is 12.2. The lowest BCUT2D eigenvalue weighted by Crippen LogP contribution is -2.11. The van der Waals surface area contributed by atoms with Crippen LogP contribution < -0.4 is 10.5 Å². The molecule has 0 radical (unpaired) electrons. The van der Waals surface area contributed by atoms with Crippen molar-refractivity contribution in [1.29, 1.82) is 0 Å². The fourth-order valence-electron chi connectivity index (χ4n) is 1.00. The summed E-state index contributed by atoms with van der Waals surface area (Å²) in [6, 6.07) is 4.73. The first kappa shape index (κ1) is 13.7. The number of nitrogens with two attached hydrogens (primary N) is 1. The first-order chi connectivity index (χ1) is 6.19. The topological polar surface area (TPSA) is 35.2 Å². The molecule has 2 N–H and O–H groups in total. The standard InChI is InChI=1S/C9H11BrFNO.ClH/c1-13-9-3-2-6(4-7(9)10)8(12)5-11;/h2-4,8H,5,12H2,1H3;1H/t8-;/m0./s1. The van der Waals surface area contributed by atoms with Crippen molar-refractivity contribution in [3.05, 3.63) is 28.2 Å². The Morgan fingerprint density at radius 1 is 1.57 bits per heavy atom. The zero-order chi connectivity index (χ0) is 9.84. The summed E-state index contributed by atoms with van der Waals surface area (Å²) in [4.78, 5) is 0. The van der Waals surface area contributed by atoms with E-state index in [2.05, 4.69) is 15.9 Å². The molecule has 0 amide bonds. The van der Waals surface area contributed by atoms with E-state index >= 15 is 0 Å². The number of benzene rings is 1. The van der Waals surface area contributed by atoms with Gasteiger partial charge >= 0.3 is 0 Å². The fraction of sp³-hybridized carbons (Fsp3) is 0.333. The molecule has 1 aromatic rings. The summed E-state index contributed by atoms with van der Waals surface area (Å²) in [5.74, 6) is 0.717. The van der Waals surface area contributed by atoms with Crippen molar-refractivity contribution >= 4 is 28.3 Å². The van der Waals surface area contributed by atoms with Gasteiger partial charge in [0.15, 0.2) is 0 Å². The maximum Gasteiger partial charge on any atom is 0.133 e. The Labute approximate surface area is 97.2 Å². The normalized spacial score (nSPS) is 11.7. The van der Waals surface area contributed by atoms with Gasteiger partial charge in [0, 0.05) is 0 Å². The van der Waals surface area contributed by atoms with Gasteiger partial charge in [-0.3, -0.25) is 0 Å². The maximum absolute atomic E-state index is 12.2. The van der Waals surface area contributed by atoms with E-state index in [1.807, 2.05) is 0 Å². The molecule has 0 aliphatic rings. The predicted octanol–water partition coefficient (Wildman–Crippen LogP) is 2.85. The van der Waals surface area contributed by atoms with Crippen LogP contribution in [0.3, 0.4) is 0 Å². The fourth-order valence-corrected chi connectivity index (χ4v) is 1.56. The smallest absolute Gasteiger partial charge is 0.133 e. The molecule has 0 saturated carbocycles. The van der Waals surface area contributed by atoms with Gasteiger partial charge in [0.1, 0.15) is 12.4 Å². The van der Waals surface area contributed by atoms with Gasteiger partial charge in [-0.2, -0.15) is 0 Å². The van der Waals surface area contributed by atoms with Gasteiger partial charge < -0.3 is 10.5 Å². The molecule has 0 aromatic heterocycles. The summed E-state index contributed by atoms with van der Waals surface area (Å²) in [7, 11) is 1.58. The molecule has 0 bridgehead atoms. The van der Waals surface area contributed by atoms with Crippen LogP contribution in [0.2, 0.25) is 0 Å². The van der Waals surface area contributed by atoms with Crippen LogP contribution in [0, 0.1) is 0 Å². The van der Waals surface area contributed by atoms with Crippen LogP contribution in [0.25, 0.3) is 0 Å². The Morgan fingerprint density at radius 3 is 2.64 bits per heavy atom. The van der Waals surface area contributed by atoms with Crippen LogP contribution in [-0.2, 0) is 0 Å². The Balaban J connectivity index is 0.00000169. The van der Waals surface area contributed by atoms with Crippen molar-refractivity contribution in [2.45, 2.75) is 6.04 Å². The minimum absolute atomic E-state index is 0. The van der Waals surface area contributed by atoms with Gasteiger partial charge in [-0.25, -0.2) is 4.39 Å². The Kier molecular flexibility index (Phi) is 6.08. The quantitative estimate of drug-likeness (QED) is 0.926. The van der Waals surface area contributed by atoms with Crippen molar-refractivity contribution in [2.75, 3.05) is 13.8 Å². The minimum Gasteiger partial charge on any atom is -0.496 e. The summed E-state index contributed by atoms with van der Waals surface area (Å²) in [6.07, 6.45) is 0. The molecule has 0 aliphatic carbocycles. The van der Waals surface area contributed by atoms with E-state index in [0.717, 1.165) is 15.8 Å². The van der Waals surface area contributed by atoms with Crippen LogP contribution in [0.15, 0.2) is 22.7 Å². The molecule has 80 valence electrons.